The fourth-order valence-electron chi connectivity index (χ4n) is 8.35. The minimum Gasteiger partial charge on any atom is -0.456 e. The summed E-state index contributed by atoms with van der Waals surface area (Å²) in [6.07, 6.45) is 0. The largest absolute Gasteiger partial charge is 0.456 e. The molecule has 0 aliphatic carbocycles. The quantitative estimate of drug-likeness (QED) is 0.175. The van der Waals surface area contributed by atoms with Crippen molar-refractivity contribution in [1.82, 2.24) is 0 Å². The van der Waals surface area contributed by atoms with Crippen LogP contribution in [0.2, 0.25) is 0 Å². The molecule has 0 aliphatic heterocycles. The Morgan fingerprint density at radius 3 is 1.50 bits per heavy atom. The molecule has 0 aliphatic rings. The number of furan rings is 2. The maximum Gasteiger partial charge on any atom is 0.147 e. The van der Waals surface area contributed by atoms with Crippen molar-refractivity contribution in [2.24, 2.45) is 0 Å². The first-order valence-electron chi connectivity index (χ1n) is 17.8. The molecule has 242 valence electrons. The molecule has 0 N–H and O–H groups in total. The Kier molecular flexibility index (Phi) is 6.28. The van der Waals surface area contributed by atoms with Crippen molar-refractivity contribution < 1.29 is 8.83 Å². The van der Waals surface area contributed by atoms with Gasteiger partial charge in [-0.15, -0.1) is 0 Å². The summed E-state index contributed by atoms with van der Waals surface area (Å²) in [6.45, 7) is 0. The van der Waals surface area contributed by atoms with E-state index in [0.717, 1.165) is 60.9 Å². The van der Waals surface area contributed by atoms with Crippen LogP contribution in [-0.2, 0) is 0 Å². The molecule has 2 heterocycles. The maximum atomic E-state index is 6.87. The summed E-state index contributed by atoms with van der Waals surface area (Å²) in [5.74, 6) is 0.865. The summed E-state index contributed by atoms with van der Waals surface area (Å²) in [7, 11) is 0. The zero-order chi connectivity index (χ0) is 34.2. The zero-order valence-electron chi connectivity index (χ0n) is 28.1. The molecule has 0 spiro atoms. The van der Waals surface area contributed by atoms with Gasteiger partial charge in [-0.05, 0) is 90.5 Å². The summed E-state index contributed by atoms with van der Waals surface area (Å²) in [5.41, 5.74) is 10.6. The lowest BCUT2D eigenvalue weighted by Crippen LogP contribution is -1.91. The lowest BCUT2D eigenvalue weighted by molar-refractivity contribution is 0.634. The maximum absolute atomic E-state index is 6.87. The van der Waals surface area contributed by atoms with Crippen LogP contribution in [0.5, 0.6) is 0 Å². The van der Waals surface area contributed by atoms with Gasteiger partial charge in [0, 0.05) is 21.9 Å². The van der Waals surface area contributed by atoms with Crippen LogP contribution in [0.15, 0.2) is 191 Å². The van der Waals surface area contributed by atoms with Gasteiger partial charge in [0.25, 0.3) is 0 Å². The van der Waals surface area contributed by atoms with Gasteiger partial charge in [-0.1, -0.05) is 152 Å². The molecule has 2 heteroatoms. The molecule has 2 aromatic heterocycles. The van der Waals surface area contributed by atoms with Crippen molar-refractivity contribution in [2.75, 3.05) is 0 Å². The van der Waals surface area contributed by atoms with Crippen LogP contribution in [0.4, 0.5) is 0 Å². The van der Waals surface area contributed by atoms with Gasteiger partial charge in [-0.3, -0.25) is 0 Å². The third-order valence-corrected chi connectivity index (χ3v) is 10.6. The van der Waals surface area contributed by atoms with Gasteiger partial charge in [0.15, 0.2) is 0 Å². The van der Waals surface area contributed by atoms with Gasteiger partial charge in [-0.25, -0.2) is 0 Å². The summed E-state index contributed by atoms with van der Waals surface area (Å²) in [5, 5.41) is 10.5. The molecule has 0 saturated carbocycles. The van der Waals surface area contributed by atoms with Crippen LogP contribution in [0.1, 0.15) is 0 Å². The lowest BCUT2D eigenvalue weighted by atomic mass is 9.85. The van der Waals surface area contributed by atoms with Crippen LogP contribution in [-0.4, -0.2) is 0 Å². The third-order valence-electron chi connectivity index (χ3n) is 10.6. The Morgan fingerprint density at radius 2 is 0.827 bits per heavy atom. The molecule has 0 saturated heterocycles. The predicted molar refractivity (Wildman–Crippen MR) is 218 cm³/mol. The minimum absolute atomic E-state index is 0.814. The molecule has 11 aromatic rings. The molecule has 11 rings (SSSR count). The highest BCUT2D eigenvalue weighted by molar-refractivity contribution is 6.24. The van der Waals surface area contributed by atoms with Gasteiger partial charge in [0.1, 0.15) is 22.5 Å². The Hall–Kier alpha value is -6.90. The highest BCUT2D eigenvalue weighted by Crippen LogP contribution is 2.48. The highest BCUT2D eigenvalue weighted by atomic mass is 16.3. The van der Waals surface area contributed by atoms with Gasteiger partial charge in [0.05, 0.1) is 5.39 Å². The van der Waals surface area contributed by atoms with Crippen molar-refractivity contribution in [1.29, 1.82) is 0 Å². The van der Waals surface area contributed by atoms with Gasteiger partial charge in [0.2, 0.25) is 0 Å². The van der Waals surface area contributed by atoms with Crippen LogP contribution >= 0.6 is 0 Å². The monoisotopic (exact) mass is 662 g/mol. The summed E-state index contributed by atoms with van der Waals surface area (Å²) >= 11 is 0. The minimum atomic E-state index is 0.814. The Balaban J connectivity index is 1.15. The highest BCUT2D eigenvalue weighted by Gasteiger charge is 2.23. The van der Waals surface area contributed by atoms with E-state index in [1.165, 1.54) is 49.0 Å². The Labute approximate surface area is 299 Å². The summed E-state index contributed by atoms with van der Waals surface area (Å²) < 4.78 is 13.6. The van der Waals surface area contributed by atoms with Crippen LogP contribution < -0.4 is 0 Å². The molecule has 0 atom stereocenters. The molecule has 0 amide bonds. The van der Waals surface area contributed by atoms with Crippen molar-refractivity contribution in [2.45, 2.75) is 0 Å². The van der Waals surface area contributed by atoms with Gasteiger partial charge < -0.3 is 8.83 Å². The zero-order valence-corrected chi connectivity index (χ0v) is 28.1. The molecule has 0 bridgehead atoms. The second-order valence-electron chi connectivity index (χ2n) is 13.6. The molecular weight excluding hydrogens is 633 g/mol. The van der Waals surface area contributed by atoms with Crippen LogP contribution in [0, 0.1) is 0 Å². The van der Waals surface area contributed by atoms with E-state index in [-0.39, 0.29) is 0 Å². The molecular formula is C50H30O2. The lowest BCUT2D eigenvalue weighted by Gasteiger charge is -2.18. The van der Waals surface area contributed by atoms with Crippen molar-refractivity contribution >= 4 is 65.2 Å². The van der Waals surface area contributed by atoms with Crippen LogP contribution in [0.25, 0.3) is 110 Å². The molecule has 0 radical (unpaired) electrons. The fraction of sp³-hybridized carbons (Fsp3) is 0. The first-order valence-corrected chi connectivity index (χ1v) is 17.8. The van der Waals surface area contributed by atoms with E-state index in [1.807, 2.05) is 6.07 Å². The van der Waals surface area contributed by atoms with Crippen molar-refractivity contribution in [3.8, 4) is 44.7 Å². The number of benzene rings is 9. The van der Waals surface area contributed by atoms with E-state index in [2.05, 4.69) is 176 Å². The van der Waals surface area contributed by atoms with E-state index in [1.54, 1.807) is 0 Å². The molecule has 0 fully saturated rings. The second-order valence-corrected chi connectivity index (χ2v) is 13.6. The van der Waals surface area contributed by atoms with E-state index in [9.17, 15) is 0 Å². The number of fused-ring (bicyclic) bond motifs is 8. The second kappa shape index (κ2) is 11.3. The summed E-state index contributed by atoms with van der Waals surface area (Å²) in [6, 6.07) is 64.8. The smallest absolute Gasteiger partial charge is 0.147 e. The fourth-order valence-corrected chi connectivity index (χ4v) is 8.35. The van der Waals surface area contributed by atoms with Crippen molar-refractivity contribution in [3.63, 3.8) is 0 Å². The molecule has 0 unspecified atom stereocenters. The average molecular weight is 663 g/mol. The molecule has 2 nitrogen and oxygen atoms in total. The van der Waals surface area contributed by atoms with Gasteiger partial charge in [-0.2, -0.15) is 0 Å². The van der Waals surface area contributed by atoms with Crippen molar-refractivity contribution in [3.05, 3.63) is 182 Å². The normalized spacial score (nSPS) is 11.8. The number of rotatable bonds is 4. The number of hydrogen-bond donors (Lipinski definition) is 0. The predicted octanol–water partition coefficient (Wildman–Crippen LogP) is 14.5. The average Bonchev–Trinajstić information content (AvgIpc) is 3.79. The first kappa shape index (κ1) is 28.9. The standard InChI is InChI=1S/C50H30O2/c1-3-14-32(15-4-1)47-42-27-28-43-48(50(42)52-49(47)33-16-5-2-6-17-33)41-26-25-36(30-44(41)51-43)46-39-21-11-9-19-37(39)45(38-20-10-12-22-40(38)46)35-24-23-31-13-7-8-18-34(31)29-35/h1-30H. The third kappa shape index (κ3) is 4.31. The SMILES string of the molecule is c1ccc(-c2oc3c(ccc4oc5cc(-c6c7ccccc7c(-c7ccc8ccccc8c7)c7ccccc67)ccc5c43)c2-c2ccccc2)cc1. The Bertz CT molecular complexity index is 3110. The van der Waals surface area contributed by atoms with Crippen LogP contribution in [0.3, 0.4) is 0 Å². The van der Waals surface area contributed by atoms with E-state index < -0.39 is 0 Å². The van der Waals surface area contributed by atoms with Gasteiger partial charge >= 0.3 is 0 Å². The molecule has 9 aromatic carbocycles. The Morgan fingerprint density at radius 1 is 0.288 bits per heavy atom. The van der Waals surface area contributed by atoms with E-state index in [0.29, 0.717) is 0 Å². The summed E-state index contributed by atoms with van der Waals surface area (Å²) in [4.78, 5) is 0. The van der Waals surface area contributed by atoms with E-state index in [4.69, 9.17) is 8.83 Å². The van der Waals surface area contributed by atoms with E-state index >= 15 is 0 Å². The number of hydrogen-bond acceptors (Lipinski definition) is 2. The topological polar surface area (TPSA) is 26.3 Å². The molecule has 52 heavy (non-hydrogen) atoms. The first-order chi connectivity index (χ1) is 25.8.